The highest BCUT2D eigenvalue weighted by atomic mass is 16.8. The molecule has 1 atom stereocenters. The number of piperidine rings is 1. The zero-order chi connectivity index (χ0) is 18.5. The van der Waals surface area contributed by atoms with E-state index in [4.69, 9.17) is 5.21 Å². The van der Waals surface area contributed by atoms with Crippen LogP contribution in [0.5, 0.6) is 0 Å². The van der Waals surface area contributed by atoms with Crippen LogP contribution in [0.3, 0.4) is 0 Å². The first kappa shape index (κ1) is 19.9. The lowest BCUT2D eigenvalue weighted by molar-refractivity contribution is -0.132. The predicted molar refractivity (Wildman–Crippen MR) is 98.5 cm³/mol. The first-order valence-electron chi connectivity index (χ1n) is 10.5. The van der Waals surface area contributed by atoms with E-state index >= 15 is 0 Å². The lowest BCUT2D eigenvalue weighted by Crippen LogP contribution is -2.44. The Morgan fingerprint density at radius 1 is 0.885 bits per heavy atom. The maximum Gasteiger partial charge on any atom is 0.149 e. The van der Waals surface area contributed by atoms with Gasteiger partial charge in [-0.15, -0.1) is 0 Å². The molecule has 0 bridgehead atoms. The minimum atomic E-state index is -0.355. The van der Waals surface area contributed by atoms with Gasteiger partial charge in [-0.2, -0.15) is 0 Å². The molecule has 3 aliphatic rings. The second-order valence-corrected chi connectivity index (χ2v) is 8.59. The number of hydroxylamine groups is 2. The Labute approximate surface area is 156 Å². The summed E-state index contributed by atoms with van der Waals surface area (Å²) in [6, 6.07) is -0.355. The van der Waals surface area contributed by atoms with E-state index in [9.17, 15) is 14.8 Å². The Kier molecular flexibility index (Phi) is 7.20. The highest BCUT2D eigenvalue weighted by Crippen LogP contribution is 2.31. The lowest BCUT2D eigenvalue weighted by atomic mass is 9.79. The smallest absolute Gasteiger partial charge is 0.149 e. The second-order valence-electron chi connectivity index (χ2n) is 8.59. The van der Waals surface area contributed by atoms with Crippen LogP contribution < -0.4 is 0 Å². The van der Waals surface area contributed by atoms with Crippen LogP contribution >= 0.6 is 0 Å². The van der Waals surface area contributed by atoms with Gasteiger partial charge >= 0.3 is 0 Å². The third-order valence-corrected chi connectivity index (χ3v) is 6.76. The maximum atomic E-state index is 12.8. The van der Waals surface area contributed by atoms with E-state index in [0.717, 1.165) is 38.8 Å². The van der Waals surface area contributed by atoms with Crippen LogP contribution in [-0.4, -0.2) is 52.6 Å². The number of carbonyl (C=O) groups excluding carboxylic acids is 2. The molecule has 2 aliphatic carbocycles. The minimum Gasteiger partial charge on any atom is -0.762 e. The summed E-state index contributed by atoms with van der Waals surface area (Å²) < 4.78 is 0. The van der Waals surface area contributed by atoms with Gasteiger partial charge in [-0.05, 0) is 57.9 Å². The van der Waals surface area contributed by atoms with E-state index in [1.54, 1.807) is 0 Å². The Bertz CT molecular complexity index is 482. The van der Waals surface area contributed by atoms with Crippen molar-refractivity contribution >= 4 is 11.6 Å². The molecule has 2 saturated carbocycles. The zero-order valence-electron chi connectivity index (χ0n) is 15.8. The van der Waals surface area contributed by atoms with Crippen LogP contribution in [0.2, 0.25) is 0 Å². The quantitative estimate of drug-likeness (QED) is 0.728. The summed E-state index contributed by atoms with van der Waals surface area (Å²) in [5.41, 5.74) is 0. The molecule has 1 saturated heterocycles. The molecule has 1 aliphatic heterocycles. The fourth-order valence-electron chi connectivity index (χ4n) is 5.12. The number of nitrogens with zero attached hydrogens (tertiary/aromatic N) is 2. The summed E-state index contributed by atoms with van der Waals surface area (Å²) in [5.74, 6) is 1.05. The fraction of sp³-hybridized carbons (Fsp3) is 0.900. The molecule has 0 aromatic heterocycles. The zero-order valence-corrected chi connectivity index (χ0v) is 15.8. The summed E-state index contributed by atoms with van der Waals surface area (Å²) >= 11 is 0. The molecule has 6 heteroatoms. The maximum absolute atomic E-state index is 12.8. The van der Waals surface area contributed by atoms with E-state index in [0.29, 0.717) is 38.0 Å². The number of ketones is 2. The Morgan fingerprint density at radius 2 is 1.54 bits per heavy atom. The van der Waals surface area contributed by atoms with E-state index in [1.807, 2.05) is 0 Å². The molecular weight excluding hydrogens is 332 g/mol. The van der Waals surface area contributed by atoms with Crippen LogP contribution in [0, 0.1) is 23.0 Å². The SMILES string of the molecule is O=C(CN1CCCC(C(=O)C2CCCCC2)C1)C1CCC(N([O-])O)CC1. The number of Topliss-reactive ketones (excluding diaryl/α,β-unsaturated/α-hetero) is 2. The molecule has 0 spiro atoms. The molecule has 0 aromatic rings. The summed E-state index contributed by atoms with van der Waals surface area (Å²) in [5, 5.41) is 20.0. The molecule has 1 unspecified atom stereocenters. The number of hydrogen-bond donors (Lipinski definition) is 1. The fourth-order valence-corrected chi connectivity index (χ4v) is 5.12. The van der Waals surface area contributed by atoms with Crippen LogP contribution in [0.1, 0.15) is 70.6 Å². The summed E-state index contributed by atoms with van der Waals surface area (Å²) in [6.45, 7) is 2.08. The first-order chi connectivity index (χ1) is 12.5. The molecule has 0 aromatic carbocycles. The van der Waals surface area contributed by atoms with Gasteiger partial charge in [0.15, 0.2) is 0 Å². The van der Waals surface area contributed by atoms with Crippen molar-refractivity contribution in [2.24, 2.45) is 17.8 Å². The number of rotatable bonds is 6. The van der Waals surface area contributed by atoms with Crippen LogP contribution in [0.4, 0.5) is 0 Å². The molecule has 26 heavy (non-hydrogen) atoms. The molecule has 6 nitrogen and oxygen atoms in total. The van der Waals surface area contributed by atoms with Gasteiger partial charge in [0, 0.05) is 30.3 Å². The normalized spacial score (nSPS) is 31.9. The van der Waals surface area contributed by atoms with Gasteiger partial charge in [-0.3, -0.25) is 19.7 Å². The van der Waals surface area contributed by atoms with E-state index in [-0.39, 0.29) is 34.8 Å². The van der Waals surface area contributed by atoms with Crippen molar-refractivity contribution in [2.45, 2.75) is 76.7 Å². The Morgan fingerprint density at radius 3 is 2.19 bits per heavy atom. The minimum absolute atomic E-state index is 0.000576. The molecule has 3 rings (SSSR count). The lowest BCUT2D eigenvalue weighted by Gasteiger charge is -2.37. The third-order valence-electron chi connectivity index (χ3n) is 6.76. The number of likely N-dealkylation sites (tertiary alicyclic amines) is 1. The van der Waals surface area contributed by atoms with Crippen LogP contribution in [0.15, 0.2) is 0 Å². The largest absolute Gasteiger partial charge is 0.762 e. The summed E-state index contributed by atoms with van der Waals surface area (Å²) in [6.07, 6.45) is 10.2. The van der Waals surface area contributed by atoms with E-state index in [1.165, 1.54) is 19.3 Å². The Balaban J connectivity index is 1.46. The molecular formula is C20H33N2O4-. The summed E-state index contributed by atoms with van der Waals surface area (Å²) in [4.78, 5) is 27.6. The van der Waals surface area contributed by atoms with Crippen molar-refractivity contribution < 1.29 is 14.8 Å². The van der Waals surface area contributed by atoms with E-state index < -0.39 is 0 Å². The van der Waals surface area contributed by atoms with Crippen molar-refractivity contribution in [1.82, 2.24) is 10.1 Å². The average Bonchev–Trinajstić information content (AvgIpc) is 2.68. The standard InChI is InChI=1S/C20H33N2O4/c23-19(15-8-10-18(11-9-15)22(25)26)14-21-12-4-7-17(13-21)20(24)16-5-2-1-3-6-16/h15-18,25H,1-14H2/q-1. The topological polar surface area (TPSA) is 83.9 Å². The van der Waals surface area contributed by atoms with Gasteiger partial charge in [-0.1, -0.05) is 19.3 Å². The predicted octanol–water partition coefficient (Wildman–Crippen LogP) is 3.16. The molecule has 0 amide bonds. The highest BCUT2D eigenvalue weighted by Gasteiger charge is 2.33. The monoisotopic (exact) mass is 365 g/mol. The molecule has 1 N–H and O–H groups in total. The van der Waals surface area contributed by atoms with Crippen LogP contribution in [-0.2, 0) is 9.59 Å². The van der Waals surface area contributed by atoms with E-state index in [2.05, 4.69) is 4.90 Å². The van der Waals surface area contributed by atoms with Gasteiger partial charge in [0.05, 0.1) is 6.54 Å². The van der Waals surface area contributed by atoms with Crippen molar-refractivity contribution in [1.29, 1.82) is 0 Å². The van der Waals surface area contributed by atoms with Gasteiger partial charge in [0.25, 0.3) is 0 Å². The van der Waals surface area contributed by atoms with Gasteiger partial charge < -0.3 is 10.4 Å². The van der Waals surface area contributed by atoms with Crippen molar-refractivity contribution in [3.05, 3.63) is 5.21 Å². The average molecular weight is 365 g/mol. The van der Waals surface area contributed by atoms with Crippen molar-refractivity contribution in [3.63, 3.8) is 0 Å². The van der Waals surface area contributed by atoms with Crippen molar-refractivity contribution in [3.8, 4) is 0 Å². The molecule has 3 fully saturated rings. The number of hydrogen-bond acceptors (Lipinski definition) is 6. The molecule has 0 radical (unpaired) electrons. The second kappa shape index (κ2) is 9.40. The highest BCUT2D eigenvalue weighted by molar-refractivity contribution is 5.85. The number of carbonyl (C=O) groups is 2. The first-order valence-corrected chi connectivity index (χ1v) is 10.5. The van der Waals surface area contributed by atoms with Crippen LogP contribution in [0.25, 0.3) is 0 Å². The molecule has 148 valence electrons. The van der Waals surface area contributed by atoms with Gasteiger partial charge in [0.1, 0.15) is 11.6 Å². The summed E-state index contributed by atoms with van der Waals surface area (Å²) in [7, 11) is 0. The van der Waals surface area contributed by atoms with Gasteiger partial charge in [-0.25, -0.2) is 0 Å². The van der Waals surface area contributed by atoms with Gasteiger partial charge in [0.2, 0.25) is 0 Å². The van der Waals surface area contributed by atoms with Crippen molar-refractivity contribution in [2.75, 3.05) is 19.6 Å². The molecule has 1 heterocycles. The Hall–Kier alpha value is -0.820. The third kappa shape index (κ3) is 5.12.